The van der Waals surface area contributed by atoms with Gasteiger partial charge in [-0.2, -0.15) is 0 Å². The van der Waals surface area contributed by atoms with Crippen LogP contribution in [0.1, 0.15) is 50.7 Å². The molecular formula is C20H30N2O3. The lowest BCUT2D eigenvalue weighted by atomic mass is 9.65. The van der Waals surface area contributed by atoms with E-state index in [2.05, 4.69) is 39.6 Å². The predicted molar refractivity (Wildman–Crippen MR) is 98.5 cm³/mol. The average molecular weight is 346 g/mol. The van der Waals surface area contributed by atoms with Gasteiger partial charge in [0.1, 0.15) is 6.54 Å². The Morgan fingerprint density at radius 3 is 2.60 bits per heavy atom. The van der Waals surface area contributed by atoms with E-state index >= 15 is 0 Å². The van der Waals surface area contributed by atoms with Gasteiger partial charge in [0.05, 0.1) is 6.61 Å². The Bertz CT molecular complexity index is 580. The number of ether oxygens (including phenoxy) is 1. The van der Waals surface area contributed by atoms with E-state index in [4.69, 9.17) is 0 Å². The highest BCUT2D eigenvalue weighted by Crippen LogP contribution is 2.43. The van der Waals surface area contributed by atoms with Crippen LogP contribution < -0.4 is 10.6 Å². The lowest BCUT2D eigenvalue weighted by molar-refractivity contribution is -0.143. The number of aryl methyl sites for hydroxylation is 1. The van der Waals surface area contributed by atoms with E-state index in [0.29, 0.717) is 12.0 Å². The number of piperidine rings is 1. The number of hydrogen-bond donors (Lipinski definition) is 2. The van der Waals surface area contributed by atoms with E-state index in [-0.39, 0.29) is 12.5 Å². The number of rotatable bonds is 3. The summed E-state index contributed by atoms with van der Waals surface area (Å²) in [6, 6.07) is 9.12. The molecule has 2 N–H and O–H groups in total. The molecule has 0 saturated carbocycles. The summed E-state index contributed by atoms with van der Waals surface area (Å²) >= 11 is 0. The fraction of sp³-hybridized carbons (Fsp3) is 0.600. The summed E-state index contributed by atoms with van der Waals surface area (Å²) in [5.74, 6) is -0.634. The number of esters is 1. The monoisotopic (exact) mass is 346 g/mol. The largest absolute Gasteiger partial charge is 0.465 e. The highest BCUT2D eigenvalue weighted by molar-refractivity contribution is 5.80. The molecule has 0 unspecified atom stereocenters. The van der Waals surface area contributed by atoms with E-state index < -0.39 is 5.97 Å². The zero-order valence-electron chi connectivity index (χ0n) is 15.4. The van der Waals surface area contributed by atoms with Gasteiger partial charge in [-0.25, -0.2) is 0 Å². The average Bonchev–Trinajstić information content (AvgIpc) is 2.62. The highest BCUT2D eigenvalue weighted by atomic mass is 16.5. The van der Waals surface area contributed by atoms with Crippen molar-refractivity contribution < 1.29 is 14.3 Å². The third kappa shape index (κ3) is 5.56. The van der Waals surface area contributed by atoms with Crippen molar-refractivity contribution in [2.24, 2.45) is 0 Å². The molecule has 5 nitrogen and oxygen atoms in total. The first-order chi connectivity index (χ1) is 12.1. The number of fused-ring (bicyclic) bond motifs is 2. The van der Waals surface area contributed by atoms with Crippen LogP contribution in [0.5, 0.6) is 0 Å². The lowest BCUT2D eigenvalue weighted by Crippen LogP contribution is -2.41. The molecule has 138 valence electrons. The van der Waals surface area contributed by atoms with Gasteiger partial charge in [0.2, 0.25) is 5.91 Å². The molecule has 1 aliphatic heterocycles. The van der Waals surface area contributed by atoms with Crippen molar-refractivity contribution in [3.8, 4) is 0 Å². The number of carbonyl (C=O) groups is 2. The molecule has 0 aromatic heterocycles. The number of hydrogen-bond acceptors (Lipinski definition) is 4. The second-order valence-corrected chi connectivity index (χ2v) is 6.76. The Labute approximate surface area is 150 Å². The van der Waals surface area contributed by atoms with Gasteiger partial charge in [0.25, 0.3) is 0 Å². The minimum absolute atomic E-state index is 0.0385. The highest BCUT2D eigenvalue weighted by Gasteiger charge is 2.36. The summed E-state index contributed by atoms with van der Waals surface area (Å²) in [6.07, 6.45) is 6.77. The van der Waals surface area contributed by atoms with Crippen LogP contribution in [-0.2, 0) is 26.2 Å². The number of carbonyl (C=O) groups excluding carboxylic acids is 2. The molecule has 1 saturated heterocycles. The molecule has 1 fully saturated rings. The van der Waals surface area contributed by atoms with E-state index in [0.717, 1.165) is 0 Å². The van der Waals surface area contributed by atoms with Crippen molar-refractivity contribution in [1.82, 2.24) is 10.6 Å². The van der Waals surface area contributed by atoms with Crippen LogP contribution in [0, 0.1) is 0 Å². The Balaban J connectivity index is 0.000000199. The zero-order chi connectivity index (χ0) is 18.1. The minimum Gasteiger partial charge on any atom is -0.465 e. The molecule has 1 amide bonds. The fourth-order valence-corrected chi connectivity index (χ4v) is 3.84. The molecule has 1 aliphatic carbocycles. The Kier molecular flexibility index (Phi) is 7.44. The van der Waals surface area contributed by atoms with Crippen molar-refractivity contribution in [1.29, 1.82) is 0 Å². The Morgan fingerprint density at radius 1 is 1.20 bits per heavy atom. The topological polar surface area (TPSA) is 67.4 Å². The predicted octanol–water partition coefficient (Wildman–Crippen LogP) is 2.33. The molecule has 2 aliphatic rings. The zero-order valence-corrected chi connectivity index (χ0v) is 15.4. The second-order valence-electron chi connectivity index (χ2n) is 6.76. The van der Waals surface area contributed by atoms with Crippen LogP contribution in [-0.4, -0.2) is 38.1 Å². The van der Waals surface area contributed by atoms with Crippen LogP contribution in [0.15, 0.2) is 24.3 Å². The standard InChI is InChI=1S/C14H19N.C6H11NO3/c1-2-6-13-12(4-1)5-3-7-14(13)8-10-15-11-9-14;1-3-10-6(9)4-7-5(2)8/h1-2,4,6,15H,3,5,7-11H2;3-4H2,1-2H3,(H,7,8). The molecule has 5 heteroatoms. The molecule has 1 aromatic carbocycles. The molecule has 1 spiro atoms. The maximum atomic E-state index is 10.5. The Hall–Kier alpha value is -1.88. The summed E-state index contributed by atoms with van der Waals surface area (Å²) in [7, 11) is 0. The van der Waals surface area contributed by atoms with Gasteiger partial charge in [-0.1, -0.05) is 24.3 Å². The van der Waals surface area contributed by atoms with E-state index in [1.165, 1.54) is 52.1 Å². The number of benzene rings is 1. The van der Waals surface area contributed by atoms with Crippen LogP contribution >= 0.6 is 0 Å². The van der Waals surface area contributed by atoms with Gasteiger partial charge >= 0.3 is 5.97 Å². The first kappa shape index (κ1) is 19.4. The summed E-state index contributed by atoms with van der Waals surface area (Å²) < 4.78 is 4.54. The molecule has 1 aromatic rings. The molecule has 0 bridgehead atoms. The van der Waals surface area contributed by atoms with E-state index in [9.17, 15) is 9.59 Å². The van der Waals surface area contributed by atoms with Crippen LogP contribution in [0.4, 0.5) is 0 Å². The normalized spacial score (nSPS) is 17.7. The van der Waals surface area contributed by atoms with E-state index in [1.54, 1.807) is 18.1 Å². The SMILES string of the molecule is CCOC(=O)CNC(C)=O.c1ccc2c(c1)CCCC21CCNCC1. The molecule has 25 heavy (non-hydrogen) atoms. The minimum atomic E-state index is -0.405. The van der Waals surface area contributed by atoms with Crippen molar-refractivity contribution in [3.63, 3.8) is 0 Å². The first-order valence-electron chi connectivity index (χ1n) is 9.26. The smallest absolute Gasteiger partial charge is 0.325 e. The summed E-state index contributed by atoms with van der Waals surface area (Å²) in [5, 5.41) is 5.80. The molecule has 0 atom stereocenters. The van der Waals surface area contributed by atoms with Crippen molar-refractivity contribution in [2.45, 2.75) is 51.4 Å². The van der Waals surface area contributed by atoms with Crippen molar-refractivity contribution >= 4 is 11.9 Å². The van der Waals surface area contributed by atoms with Gasteiger partial charge in [-0.15, -0.1) is 0 Å². The molecule has 1 heterocycles. The molecule has 0 radical (unpaired) electrons. The number of amides is 1. The van der Waals surface area contributed by atoms with Gasteiger partial charge in [-0.05, 0) is 68.7 Å². The molecule has 3 rings (SSSR count). The molecular weight excluding hydrogens is 316 g/mol. The van der Waals surface area contributed by atoms with Gasteiger partial charge in [0.15, 0.2) is 0 Å². The van der Waals surface area contributed by atoms with Gasteiger partial charge in [0, 0.05) is 6.92 Å². The second kappa shape index (κ2) is 9.56. The summed E-state index contributed by atoms with van der Waals surface area (Å²) in [6.45, 7) is 5.77. The van der Waals surface area contributed by atoms with Crippen molar-refractivity contribution in [3.05, 3.63) is 35.4 Å². The van der Waals surface area contributed by atoms with Crippen LogP contribution in [0.25, 0.3) is 0 Å². The van der Waals surface area contributed by atoms with Crippen molar-refractivity contribution in [2.75, 3.05) is 26.2 Å². The maximum Gasteiger partial charge on any atom is 0.325 e. The van der Waals surface area contributed by atoms with Gasteiger partial charge in [-0.3, -0.25) is 9.59 Å². The first-order valence-corrected chi connectivity index (χ1v) is 9.26. The van der Waals surface area contributed by atoms with Gasteiger partial charge < -0.3 is 15.4 Å². The third-order valence-electron chi connectivity index (χ3n) is 5.04. The van der Waals surface area contributed by atoms with E-state index in [1.807, 2.05) is 0 Å². The Morgan fingerprint density at radius 2 is 1.92 bits per heavy atom. The maximum absolute atomic E-state index is 10.5. The third-order valence-corrected chi connectivity index (χ3v) is 5.04. The quantitative estimate of drug-likeness (QED) is 0.825. The summed E-state index contributed by atoms with van der Waals surface area (Å²) in [4.78, 5) is 20.7. The van der Waals surface area contributed by atoms with Crippen LogP contribution in [0.3, 0.4) is 0 Å². The van der Waals surface area contributed by atoms with Crippen LogP contribution in [0.2, 0.25) is 0 Å². The summed E-state index contributed by atoms with van der Waals surface area (Å²) in [5.41, 5.74) is 3.81. The number of nitrogens with one attached hydrogen (secondary N) is 2. The fourth-order valence-electron chi connectivity index (χ4n) is 3.84. The lowest BCUT2D eigenvalue weighted by Gasteiger charge is -2.42.